The summed E-state index contributed by atoms with van der Waals surface area (Å²) in [4.78, 5) is 4.14. The number of nitrogen functional groups attached to an aromatic ring is 1. The molecule has 1 saturated carbocycles. The average molecular weight is 175 g/mol. The van der Waals surface area contributed by atoms with Gasteiger partial charge in [0.05, 0.1) is 5.69 Å². The topological polar surface area (TPSA) is 38.9 Å². The zero-order valence-corrected chi connectivity index (χ0v) is 6.87. The van der Waals surface area contributed by atoms with Gasteiger partial charge in [-0.3, -0.25) is 0 Å². The van der Waals surface area contributed by atoms with Crippen molar-refractivity contribution in [1.82, 2.24) is 4.98 Å². The van der Waals surface area contributed by atoms with Gasteiger partial charge in [0.2, 0.25) is 0 Å². The molecule has 0 aromatic carbocycles. The largest absolute Gasteiger partial charge is 0.375 e. The highest BCUT2D eigenvalue weighted by atomic mass is 35.5. The normalized spacial score (nSPS) is 17.7. The van der Waals surface area contributed by atoms with Gasteiger partial charge in [0, 0.05) is 5.92 Å². The lowest BCUT2D eigenvalue weighted by Gasteiger charge is -1.86. The quantitative estimate of drug-likeness (QED) is 0.710. The molecule has 1 fully saturated rings. The van der Waals surface area contributed by atoms with E-state index < -0.39 is 0 Å². The van der Waals surface area contributed by atoms with Gasteiger partial charge in [0.15, 0.2) is 5.13 Å². The van der Waals surface area contributed by atoms with Crippen molar-refractivity contribution in [3.63, 3.8) is 0 Å². The number of aromatic nitrogens is 1. The minimum Gasteiger partial charge on any atom is -0.375 e. The molecule has 2 rings (SSSR count). The fraction of sp³-hybridized carbons (Fsp3) is 0.500. The maximum atomic E-state index is 5.86. The van der Waals surface area contributed by atoms with Crippen molar-refractivity contribution in [2.75, 3.05) is 5.73 Å². The van der Waals surface area contributed by atoms with Crippen molar-refractivity contribution in [1.29, 1.82) is 0 Å². The number of hydrogen-bond donors (Lipinski definition) is 1. The molecule has 54 valence electrons. The highest BCUT2D eigenvalue weighted by Crippen LogP contribution is 2.44. The highest BCUT2D eigenvalue weighted by Gasteiger charge is 2.28. The molecule has 0 saturated heterocycles. The third-order valence-electron chi connectivity index (χ3n) is 1.59. The summed E-state index contributed by atoms with van der Waals surface area (Å²) < 4.78 is 0.778. The van der Waals surface area contributed by atoms with Gasteiger partial charge in [-0.25, -0.2) is 4.98 Å². The van der Waals surface area contributed by atoms with Crippen LogP contribution >= 0.6 is 22.9 Å². The number of hydrogen-bond acceptors (Lipinski definition) is 3. The van der Waals surface area contributed by atoms with Crippen LogP contribution in [0.2, 0.25) is 4.34 Å². The van der Waals surface area contributed by atoms with Crippen LogP contribution in [0, 0.1) is 0 Å². The van der Waals surface area contributed by atoms with Crippen molar-refractivity contribution < 1.29 is 0 Å². The first-order valence-electron chi connectivity index (χ1n) is 3.19. The number of nitrogens with two attached hydrogens (primary N) is 1. The zero-order valence-electron chi connectivity index (χ0n) is 5.30. The Morgan fingerprint density at radius 3 is 2.70 bits per heavy atom. The number of anilines is 1. The van der Waals surface area contributed by atoms with Crippen LogP contribution in [0.25, 0.3) is 0 Å². The Kier molecular flexibility index (Phi) is 1.35. The second kappa shape index (κ2) is 2.10. The second-order valence-corrected chi connectivity index (χ2v) is 4.12. The Labute approximate surface area is 68.0 Å². The molecule has 2 nitrogen and oxygen atoms in total. The molecule has 1 heterocycles. The van der Waals surface area contributed by atoms with Crippen LogP contribution in [0.1, 0.15) is 24.5 Å². The molecule has 1 aliphatic rings. The third kappa shape index (κ3) is 0.995. The van der Waals surface area contributed by atoms with Crippen molar-refractivity contribution in [3.05, 3.63) is 10.0 Å². The number of halogens is 1. The molecule has 0 bridgehead atoms. The zero-order chi connectivity index (χ0) is 7.14. The van der Waals surface area contributed by atoms with E-state index in [1.807, 2.05) is 0 Å². The Morgan fingerprint density at radius 2 is 2.30 bits per heavy atom. The molecule has 1 aromatic heterocycles. The molecule has 2 N–H and O–H groups in total. The van der Waals surface area contributed by atoms with E-state index in [4.69, 9.17) is 17.3 Å². The first-order valence-corrected chi connectivity index (χ1v) is 4.38. The minimum atomic E-state index is 0.590. The predicted octanol–water partition coefficient (Wildman–Crippen LogP) is 2.26. The first-order chi connectivity index (χ1) is 4.77. The monoisotopic (exact) mass is 174 g/mol. The molecule has 1 aromatic rings. The molecule has 0 radical (unpaired) electrons. The molecule has 0 aliphatic heterocycles. The molecule has 0 amide bonds. The van der Waals surface area contributed by atoms with Crippen LogP contribution in [0.4, 0.5) is 5.13 Å². The fourth-order valence-electron chi connectivity index (χ4n) is 0.938. The van der Waals surface area contributed by atoms with E-state index in [9.17, 15) is 0 Å². The standard InChI is InChI=1S/C6H7ClN2S/c7-5-4(3-1-2-3)9-6(8)10-5/h3H,1-2H2,(H2,8,9). The molecule has 4 heteroatoms. The summed E-state index contributed by atoms with van der Waals surface area (Å²) in [5, 5.41) is 0.590. The summed E-state index contributed by atoms with van der Waals surface area (Å²) in [7, 11) is 0. The van der Waals surface area contributed by atoms with Gasteiger partial charge in [-0.05, 0) is 12.8 Å². The first kappa shape index (κ1) is 6.43. The molecule has 0 unspecified atom stereocenters. The van der Waals surface area contributed by atoms with Crippen molar-refractivity contribution in [3.8, 4) is 0 Å². The molecule has 10 heavy (non-hydrogen) atoms. The fourth-order valence-corrected chi connectivity index (χ4v) is 2.02. The SMILES string of the molecule is Nc1nc(C2CC2)c(Cl)s1. The van der Waals surface area contributed by atoms with Crippen molar-refractivity contribution >= 4 is 28.1 Å². The van der Waals surface area contributed by atoms with Crippen LogP contribution in [0.5, 0.6) is 0 Å². The van der Waals surface area contributed by atoms with Gasteiger partial charge in [-0.1, -0.05) is 22.9 Å². The van der Waals surface area contributed by atoms with Crippen LogP contribution in [-0.4, -0.2) is 4.98 Å². The van der Waals surface area contributed by atoms with Crippen LogP contribution in [-0.2, 0) is 0 Å². The maximum absolute atomic E-state index is 5.86. The van der Waals surface area contributed by atoms with Crippen molar-refractivity contribution in [2.24, 2.45) is 0 Å². The van der Waals surface area contributed by atoms with E-state index in [1.54, 1.807) is 0 Å². The summed E-state index contributed by atoms with van der Waals surface area (Å²) in [5.74, 6) is 0.612. The number of thiazole rings is 1. The predicted molar refractivity (Wildman–Crippen MR) is 43.5 cm³/mol. The summed E-state index contributed by atoms with van der Waals surface area (Å²) in [6.07, 6.45) is 2.45. The van der Waals surface area contributed by atoms with E-state index in [-0.39, 0.29) is 0 Å². The van der Waals surface area contributed by atoms with E-state index in [0.29, 0.717) is 11.0 Å². The molecule has 0 atom stereocenters. The average Bonchev–Trinajstić information content (AvgIpc) is 2.61. The number of rotatable bonds is 1. The second-order valence-electron chi connectivity index (χ2n) is 2.49. The van der Waals surface area contributed by atoms with Gasteiger partial charge in [-0.15, -0.1) is 0 Å². The van der Waals surface area contributed by atoms with Crippen LogP contribution < -0.4 is 5.73 Å². The van der Waals surface area contributed by atoms with E-state index >= 15 is 0 Å². The molecular formula is C6H7ClN2S. The maximum Gasteiger partial charge on any atom is 0.181 e. The van der Waals surface area contributed by atoms with E-state index in [1.165, 1.54) is 24.2 Å². The van der Waals surface area contributed by atoms with Crippen LogP contribution in [0.15, 0.2) is 0 Å². The van der Waals surface area contributed by atoms with Gasteiger partial charge < -0.3 is 5.73 Å². The molecule has 1 aliphatic carbocycles. The summed E-state index contributed by atoms with van der Waals surface area (Å²) in [6, 6.07) is 0. The summed E-state index contributed by atoms with van der Waals surface area (Å²) >= 11 is 7.23. The van der Waals surface area contributed by atoms with Crippen LogP contribution in [0.3, 0.4) is 0 Å². The summed E-state index contributed by atoms with van der Waals surface area (Å²) in [6.45, 7) is 0. The smallest absolute Gasteiger partial charge is 0.181 e. The van der Waals surface area contributed by atoms with Gasteiger partial charge in [0.25, 0.3) is 0 Å². The Balaban J connectivity index is 2.38. The Morgan fingerprint density at radius 1 is 1.60 bits per heavy atom. The lowest BCUT2D eigenvalue weighted by atomic mass is 10.3. The van der Waals surface area contributed by atoms with E-state index in [0.717, 1.165) is 10.0 Å². The molecular weight excluding hydrogens is 168 g/mol. The van der Waals surface area contributed by atoms with Gasteiger partial charge in [0.1, 0.15) is 4.34 Å². The number of nitrogens with zero attached hydrogens (tertiary/aromatic N) is 1. The lowest BCUT2D eigenvalue weighted by Crippen LogP contribution is -1.83. The summed E-state index contributed by atoms with van der Waals surface area (Å²) in [5.41, 5.74) is 6.49. The molecule has 0 spiro atoms. The van der Waals surface area contributed by atoms with Gasteiger partial charge >= 0.3 is 0 Å². The highest BCUT2D eigenvalue weighted by molar-refractivity contribution is 7.19. The third-order valence-corrected chi connectivity index (χ3v) is 2.70. The van der Waals surface area contributed by atoms with Gasteiger partial charge in [-0.2, -0.15) is 0 Å². The Hall–Kier alpha value is -0.280. The lowest BCUT2D eigenvalue weighted by molar-refractivity contribution is 1.05. The van der Waals surface area contributed by atoms with Crippen molar-refractivity contribution in [2.45, 2.75) is 18.8 Å². The van der Waals surface area contributed by atoms with E-state index in [2.05, 4.69) is 4.98 Å². The Bertz CT molecular complexity index is 254. The minimum absolute atomic E-state index is 0.590.